The summed E-state index contributed by atoms with van der Waals surface area (Å²) in [6.07, 6.45) is 3.36. The van der Waals surface area contributed by atoms with E-state index in [-0.39, 0.29) is 23.3 Å². The van der Waals surface area contributed by atoms with Gasteiger partial charge >= 0.3 is 0 Å². The molecule has 0 aliphatic carbocycles. The number of hydrogen-bond acceptors (Lipinski definition) is 3. The summed E-state index contributed by atoms with van der Waals surface area (Å²) in [4.78, 5) is 11.5. The van der Waals surface area contributed by atoms with Crippen molar-refractivity contribution < 1.29 is 13.2 Å². The predicted octanol–water partition coefficient (Wildman–Crippen LogP) is 0.894. The first-order valence-corrected chi connectivity index (χ1v) is 7.42. The molecule has 0 aromatic carbocycles. The van der Waals surface area contributed by atoms with Gasteiger partial charge in [-0.3, -0.25) is 4.79 Å². The molecule has 1 aliphatic heterocycles. The van der Waals surface area contributed by atoms with Gasteiger partial charge in [-0.25, -0.2) is 8.42 Å². The van der Waals surface area contributed by atoms with Crippen molar-refractivity contribution in [2.24, 2.45) is 5.92 Å². The van der Waals surface area contributed by atoms with E-state index < -0.39 is 9.84 Å². The van der Waals surface area contributed by atoms with E-state index in [2.05, 4.69) is 5.32 Å². The highest BCUT2D eigenvalue weighted by Gasteiger charge is 2.27. The van der Waals surface area contributed by atoms with E-state index in [9.17, 15) is 13.2 Å². The molecule has 1 rings (SSSR count). The Bertz CT molecular complexity index is 384. The van der Waals surface area contributed by atoms with Crippen molar-refractivity contribution in [3.05, 3.63) is 11.6 Å². The zero-order valence-electron chi connectivity index (χ0n) is 9.82. The second-order valence-corrected chi connectivity index (χ2v) is 6.50. The zero-order chi connectivity index (χ0) is 12.2. The lowest BCUT2D eigenvalue weighted by Gasteiger charge is -2.09. The molecular weight excluding hydrogens is 226 g/mol. The molecule has 1 amide bonds. The quantitative estimate of drug-likeness (QED) is 0.748. The Labute approximate surface area is 97.0 Å². The minimum atomic E-state index is -2.84. The summed E-state index contributed by atoms with van der Waals surface area (Å²) in [6.45, 7) is 4.21. The number of sulfone groups is 1. The van der Waals surface area contributed by atoms with Gasteiger partial charge in [0.1, 0.15) is 0 Å². The largest absolute Gasteiger partial charge is 0.352 e. The highest BCUT2D eigenvalue weighted by Crippen LogP contribution is 2.17. The van der Waals surface area contributed by atoms with Gasteiger partial charge in [-0.2, -0.15) is 0 Å². The fourth-order valence-electron chi connectivity index (χ4n) is 1.81. The van der Waals surface area contributed by atoms with Gasteiger partial charge in [0.25, 0.3) is 0 Å². The molecule has 1 N–H and O–H groups in total. The summed E-state index contributed by atoms with van der Waals surface area (Å²) in [5, 5.41) is 2.78. The van der Waals surface area contributed by atoms with Crippen LogP contribution in [0.3, 0.4) is 0 Å². The third kappa shape index (κ3) is 3.96. The van der Waals surface area contributed by atoms with Crippen LogP contribution in [0.15, 0.2) is 11.6 Å². The third-order valence-electron chi connectivity index (χ3n) is 2.75. The molecule has 1 heterocycles. The molecule has 5 heteroatoms. The van der Waals surface area contributed by atoms with Crippen molar-refractivity contribution in [1.29, 1.82) is 0 Å². The smallest absolute Gasteiger partial charge is 0.246 e. The van der Waals surface area contributed by atoms with Crippen LogP contribution in [0.25, 0.3) is 0 Å². The highest BCUT2D eigenvalue weighted by atomic mass is 32.2. The third-order valence-corrected chi connectivity index (χ3v) is 4.58. The van der Waals surface area contributed by atoms with E-state index >= 15 is 0 Å². The number of allylic oxidation sites excluding steroid dienone is 1. The second-order valence-electron chi connectivity index (χ2n) is 4.27. The van der Waals surface area contributed by atoms with E-state index in [1.807, 2.05) is 13.0 Å². The first kappa shape index (κ1) is 13.2. The molecule has 0 unspecified atom stereocenters. The Morgan fingerprint density at radius 3 is 2.69 bits per heavy atom. The number of carbonyl (C=O) groups excluding carboxylic acids is 1. The molecule has 4 nitrogen and oxygen atoms in total. The van der Waals surface area contributed by atoms with Crippen LogP contribution < -0.4 is 5.32 Å². The van der Waals surface area contributed by atoms with E-state index in [1.54, 1.807) is 6.92 Å². The lowest BCUT2D eigenvalue weighted by Crippen LogP contribution is -2.30. The first-order chi connectivity index (χ1) is 7.44. The minimum Gasteiger partial charge on any atom is -0.352 e. The van der Waals surface area contributed by atoms with Crippen LogP contribution >= 0.6 is 0 Å². The van der Waals surface area contributed by atoms with Gasteiger partial charge in [0.05, 0.1) is 11.5 Å². The molecule has 0 aromatic rings. The normalized spacial score (nSPS) is 24.4. The molecule has 1 aliphatic rings. The molecule has 0 aromatic heterocycles. The van der Waals surface area contributed by atoms with Crippen molar-refractivity contribution in [2.75, 3.05) is 18.1 Å². The van der Waals surface area contributed by atoms with Gasteiger partial charge < -0.3 is 5.32 Å². The average Bonchev–Trinajstić information content (AvgIpc) is 2.55. The topological polar surface area (TPSA) is 63.2 Å². The molecular formula is C11H19NO3S. The average molecular weight is 245 g/mol. The highest BCUT2D eigenvalue weighted by molar-refractivity contribution is 7.91. The van der Waals surface area contributed by atoms with Gasteiger partial charge in [-0.1, -0.05) is 13.0 Å². The van der Waals surface area contributed by atoms with Gasteiger partial charge in [0, 0.05) is 12.1 Å². The van der Waals surface area contributed by atoms with Crippen LogP contribution in [-0.2, 0) is 14.6 Å². The fraction of sp³-hybridized carbons (Fsp3) is 0.727. The Hall–Kier alpha value is -0.840. The number of amides is 1. The predicted molar refractivity (Wildman–Crippen MR) is 63.8 cm³/mol. The van der Waals surface area contributed by atoms with Crippen LogP contribution in [0.5, 0.6) is 0 Å². The maximum Gasteiger partial charge on any atom is 0.246 e. The minimum absolute atomic E-state index is 0.0865. The van der Waals surface area contributed by atoms with Gasteiger partial charge in [0.2, 0.25) is 5.91 Å². The van der Waals surface area contributed by atoms with Crippen molar-refractivity contribution in [2.45, 2.75) is 26.7 Å². The summed E-state index contributed by atoms with van der Waals surface area (Å²) < 4.78 is 22.4. The molecule has 0 spiro atoms. The van der Waals surface area contributed by atoms with Crippen LogP contribution in [0.4, 0.5) is 0 Å². The van der Waals surface area contributed by atoms with Crippen molar-refractivity contribution >= 4 is 15.7 Å². The summed E-state index contributed by atoms with van der Waals surface area (Å²) in [5.41, 5.74) is 0.698. The molecule has 0 radical (unpaired) electrons. The summed E-state index contributed by atoms with van der Waals surface area (Å²) in [5.74, 6) is 0.468. The lowest BCUT2D eigenvalue weighted by atomic mass is 10.1. The van der Waals surface area contributed by atoms with Crippen molar-refractivity contribution in [1.82, 2.24) is 5.32 Å². The number of rotatable bonds is 4. The fourth-order valence-corrected chi connectivity index (χ4v) is 3.67. The van der Waals surface area contributed by atoms with Crippen LogP contribution in [0.1, 0.15) is 26.7 Å². The molecule has 1 atom stereocenters. The van der Waals surface area contributed by atoms with Crippen molar-refractivity contribution in [3.63, 3.8) is 0 Å². The van der Waals surface area contributed by atoms with Gasteiger partial charge in [0.15, 0.2) is 9.84 Å². The Balaban J connectivity index is 2.36. The maximum atomic E-state index is 11.5. The molecule has 0 saturated carbocycles. The van der Waals surface area contributed by atoms with Crippen molar-refractivity contribution in [3.8, 4) is 0 Å². The van der Waals surface area contributed by atoms with E-state index in [0.717, 1.165) is 6.42 Å². The Morgan fingerprint density at radius 2 is 2.19 bits per heavy atom. The zero-order valence-corrected chi connectivity index (χ0v) is 10.6. The van der Waals surface area contributed by atoms with Crippen LogP contribution in [-0.4, -0.2) is 32.4 Å². The van der Waals surface area contributed by atoms with Crippen LogP contribution in [0.2, 0.25) is 0 Å². The Kier molecular flexibility index (Phi) is 4.53. The second kappa shape index (κ2) is 5.48. The Morgan fingerprint density at radius 1 is 1.50 bits per heavy atom. The van der Waals surface area contributed by atoms with E-state index in [4.69, 9.17) is 0 Å². The SMILES string of the molecule is CC/C=C(/C)C(=O)NC[C@@H]1CCS(=O)(=O)C1. The summed E-state index contributed by atoms with van der Waals surface area (Å²) >= 11 is 0. The monoisotopic (exact) mass is 245 g/mol. The number of carbonyl (C=O) groups is 1. The van der Waals surface area contributed by atoms with Crippen LogP contribution in [0, 0.1) is 5.92 Å². The number of nitrogens with one attached hydrogen (secondary N) is 1. The van der Waals surface area contributed by atoms with Gasteiger partial charge in [-0.05, 0) is 25.7 Å². The number of hydrogen-bond donors (Lipinski definition) is 1. The first-order valence-electron chi connectivity index (χ1n) is 5.60. The molecule has 1 fully saturated rings. The molecule has 92 valence electrons. The lowest BCUT2D eigenvalue weighted by molar-refractivity contribution is -0.117. The van der Waals surface area contributed by atoms with E-state index in [0.29, 0.717) is 18.5 Å². The standard InChI is InChI=1S/C11H19NO3S/c1-3-4-9(2)11(13)12-7-10-5-6-16(14,15)8-10/h4,10H,3,5-8H2,1-2H3,(H,12,13)/b9-4-/t10-/m0/s1. The summed E-state index contributed by atoms with van der Waals surface area (Å²) in [7, 11) is -2.84. The molecule has 0 bridgehead atoms. The van der Waals surface area contributed by atoms with E-state index in [1.165, 1.54) is 0 Å². The maximum absolute atomic E-state index is 11.5. The molecule has 16 heavy (non-hydrogen) atoms. The summed E-state index contributed by atoms with van der Waals surface area (Å²) in [6, 6.07) is 0. The molecule has 1 saturated heterocycles. The van der Waals surface area contributed by atoms with Gasteiger partial charge in [-0.15, -0.1) is 0 Å².